The van der Waals surface area contributed by atoms with Crippen LogP contribution in [0.15, 0.2) is 31.5 Å². The summed E-state index contributed by atoms with van der Waals surface area (Å²) >= 11 is 1.23. The van der Waals surface area contributed by atoms with E-state index in [2.05, 4.69) is 15.5 Å². The molecule has 6 N–H and O–H groups in total. The lowest BCUT2D eigenvalue weighted by molar-refractivity contribution is -0.126. The number of rotatable bonds is 10. The zero-order valence-electron chi connectivity index (χ0n) is 16.5. The molecule has 2 atom stereocenters. The highest BCUT2D eigenvalue weighted by Gasteiger charge is 2.40. The van der Waals surface area contributed by atoms with Crippen LogP contribution in [0.2, 0.25) is 0 Å². The first-order chi connectivity index (χ1) is 13.8. The topological polar surface area (TPSA) is 166 Å². The van der Waals surface area contributed by atoms with Crippen molar-refractivity contribution in [2.45, 2.75) is 44.8 Å². The molecule has 0 aliphatic carbocycles. The van der Waals surface area contributed by atoms with Gasteiger partial charge in [0.2, 0.25) is 0 Å². The summed E-state index contributed by atoms with van der Waals surface area (Å²) in [5.74, 6) is 0.323. The van der Waals surface area contributed by atoms with Gasteiger partial charge in [0.25, 0.3) is 5.91 Å². The van der Waals surface area contributed by atoms with Crippen LogP contribution in [0.25, 0.3) is 0 Å². The molecule has 10 nitrogen and oxygen atoms in total. The number of oxime groups is 1. The summed E-state index contributed by atoms with van der Waals surface area (Å²) in [6.45, 7) is 4.36. The molecular weight excluding hydrogens is 398 g/mol. The maximum absolute atomic E-state index is 12.8. The number of nitrogens with zero attached hydrogens (tertiary/aromatic N) is 2. The van der Waals surface area contributed by atoms with Crippen molar-refractivity contribution < 1.29 is 19.2 Å². The van der Waals surface area contributed by atoms with Gasteiger partial charge in [-0.3, -0.25) is 10.5 Å². The van der Waals surface area contributed by atoms with Gasteiger partial charge in [-0.2, -0.15) is 0 Å². The summed E-state index contributed by atoms with van der Waals surface area (Å²) in [5.41, 5.74) is 9.82. The number of nitrogens with two attached hydrogens (primary N) is 2. The Balaban J connectivity index is 2.21. The first kappa shape index (κ1) is 22.9. The van der Waals surface area contributed by atoms with Crippen LogP contribution in [0.1, 0.15) is 44.9 Å². The molecule has 1 amide bonds. The van der Waals surface area contributed by atoms with Crippen molar-refractivity contribution in [1.29, 1.82) is 0 Å². The van der Waals surface area contributed by atoms with E-state index < -0.39 is 23.2 Å². The van der Waals surface area contributed by atoms with Crippen LogP contribution in [0, 0.1) is 0 Å². The van der Waals surface area contributed by atoms with E-state index in [1.165, 1.54) is 17.8 Å². The van der Waals surface area contributed by atoms with Crippen LogP contribution < -0.4 is 27.1 Å². The Morgan fingerprint density at radius 2 is 2.31 bits per heavy atom. The number of hydrogen-bond donors (Lipinski definition) is 4. The fourth-order valence-corrected chi connectivity index (χ4v) is 3.66. The molecule has 0 spiro atoms. The van der Waals surface area contributed by atoms with Crippen molar-refractivity contribution in [3.63, 3.8) is 0 Å². The van der Waals surface area contributed by atoms with Gasteiger partial charge >= 0.3 is 5.63 Å². The Kier molecular flexibility index (Phi) is 8.23. The monoisotopic (exact) mass is 425 g/mol. The molecule has 0 fully saturated rings. The summed E-state index contributed by atoms with van der Waals surface area (Å²) in [7, 11) is 0. The fourth-order valence-electron chi connectivity index (χ4n) is 2.63. The van der Waals surface area contributed by atoms with Gasteiger partial charge in [-0.15, -0.1) is 11.8 Å². The Labute approximate surface area is 172 Å². The van der Waals surface area contributed by atoms with Gasteiger partial charge in [-0.05, 0) is 26.3 Å². The SMILES string of the molecule is CCC[C@@H](NC(=O)[C@]1(N)CSC(/C(C)=N/O)=N1)c1cc(OCCCN)cc(=O)o1. The number of amides is 1. The third-order valence-electron chi connectivity index (χ3n) is 4.19. The predicted octanol–water partition coefficient (Wildman–Crippen LogP) is 0.975. The molecule has 29 heavy (non-hydrogen) atoms. The lowest BCUT2D eigenvalue weighted by Crippen LogP contribution is -2.54. The van der Waals surface area contributed by atoms with E-state index in [1.54, 1.807) is 13.0 Å². The highest BCUT2D eigenvalue weighted by atomic mass is 32.2. The van der Waals surface area contributed by atoms with Gasteiger partial charge in [0, 0.05) is 11.8 Å². The molecule has 0 aromatic carbocycles. The molecule has 0 saturated heterocycles. The van der Waals surface area contributed by atoms with Crippen LogP contribution in [0.3, 0.4) is 0 Å². The van der Waals surface area contributed by atoms with Crippen molar-refractivity contribution in [1.82, 2.24) is 5.32 Å². The number of ether oxygens (including phenoxy) is 1. The Morgan fingerprint density at radius 3 is 2.97 bits per heavy atom. The average molecular weight is 426 g/mol. The molecule has 0 saturated carbocycles. The second-order valence-corrected chi connectivity index (χ2v) is 7.60. The summed E-state index contributed by atoms with van der Waals surface area (Å²) < 4.78 is 10.8. The van der Waals surface area contributed by atoms with Crippen molar-refractivity contribution in [3.8, 4) is 5.75 Å². The normalized spacial score (nSPS) is 20.3. The van der Waals surface area contributed by atoms with Gasteiger partial charge in [0.05, 0.1) is 18.7 Å². The molecule has 1 aliphatic rings. The standard InChI is InChI=1S/C18H27N5O5S/c1-3-5-13(14-8-12(9-15(24)28-14)27-7-4-6-19)21-17(25)18(20)10-29-16(22-18)11(2)23-26/h8-9,13,26H,3-7,10,19-20H2,1-2H3,(H,21,25)/b23-11+/t13-,18+/m1/s1. The van der Waals surface area contributed by atoms with Gasteiger partial charge in [0.15, 0.2) is 5.66 Å². The Hall–Kier alpha value is -2.37. The van der Waals surface area contributed by atoms with E-state index >= 15 is 0 Å². The second kappa shape index (κ2) is 10.4. The summed E-state index contributed by atoms with van der Waals surface area (Å²) in [6.07, 6.45) is 1.90. The van der Waals surface area contributed by atoms with Crippen LogP contribution in [-0.2, 0) is 4.79 Å². The molecular formula is C18H27N5O5S. The molecule has 0 radical (unpaired) electrons. The van der Waals surface area contributed by atoms with Crippen molar-refractivity contribution in [2.75, 3.05) is 18.9 Å². The number of thioether (sulfide) groups is 1. The third-order valence-corrected chi connectivity index (χ3v) is 5.43. The van der Waals surface area contributed by atoms with E-state index in [9.17, 15) is 9.59 Å². The number of carbonyl (C=O) groups excluding carboxylic acids is 1. The zero-order valence-corrected chi connectivity index (χ0v) is 17.3. The Bertz CT molecular complexity index is 840. The molecule has 0 bridgehead atoms. The summed E-state index contributed by atoms with van der Waals surface area (Å²) in [6, 6.07) is 2.26. The largest absolute Gasteiger partial charge is 0.493 e. The van der Waals surface area contributed by atoms with E-state index in [4.69, 9.17) is 25.8 Å². The maximum atomic E-state index is 12.8. The molecule has 11 heteroatoms. The highest BCUT2D eigenvalue weighted by molar-refractivity contribution is 8.16. The van der Waals surface area contributed by atoms with Gasteiger partial charge < -0.3 is 25.4 Å². The van der Waals surface area contributed by atoms with E-state index in [0.29, 0.717) is 36.8 Å². The van der Waals surface area contributed by atoms with Gasteiger partial charge in [-0.1, -0.05) is 18.5 Å². The molecule has 0 unspecified atom stereocenters. The lowest BCUT2D eigenvalue weighted by Gasteiger charge is -2.24. The highest BCUT2D eigenvalue weighted by Crippen LogP contribution is 2.27. The molecule has 2 rings (SSSR count). The quantitative estimate of drug-likeness (QED) is 0.186. The zero-order chi connectivity index (χ0) is 21.4. The first-order valence-electron chi connectivity index (χ1n) is 9.32. The number of hydrogen-bond acceptors (Lipinski definition) is 10. The van der Waals surface area contributed by atoms with Crippen molar-refractivity contribution in [2.24, 2.45) is 21.6 Å². The third kappa shape index (κ3) is 6.05. The summed E-state index contributed by atoms with van der Waals surface area (Å²) in [5, 5.41) is 15.2. The van der Waals surface area contributed by atoms with E-state index in [0.717, 1.165) is 6.42 Å². The fraction of sp³-hybridized carbons (Fsp3) is 0.556. The Morgan fingerprint density at radius 1 is 1.55 bits per heavy atom. The molecule has 1 aliphatic heterocycles. The predicted molar refractivity (Wildman–Crippen MR) is 112 cm³/mol. The van der Waals surface area contributed by atoms with Crippen molar-refractivity contribution >= 4 is 28.4 Å². The number of carbonyl (C=O) groups is 1. The minimum atomic E-state index is -1.51. The van der Waals surface area contributed by atoms with Gasteiger partial charge in [-0.25, -0.2) is 9.79 Å². The van der Waals surface area contributed by atoms with Crippen LogP contribution in [-0.4, -0.2) is 46.4 Å². The molecule has 2 heterocycles. The van der Waals surface area contributed by atoms with Crippen molar-refractivity contribution in [3.05, 3.63) is 28.3 Å². The van der Waals surface area contributed by atoms with Crippen LogP contribution in [0.4, 0.5) is 0 Å². The van der Waals surface area contributed by atoms with Crippen LogP contribution >= 0.6 is 11.8 Å². The summed E-state index contributed by atoms with van der Waals surface area (Å²) in [4.78, 5) is 29.0. The lowest BCUT2D eigenvalue weighted by atomic mass is 10.1. The van der Waals surface area contributed by atoms with Crippen LogP contribution in [0.5, 0.6) is 5.75 Å². The molecule has 160 valence electrons. The second-order valence-electron chi connectivity index (χ2n) is 6.64. The van der Waals surface area contributed by atoms with E-state index in [-0.39, 0.29) is 17.2 Å². The number of aliphatic imine (C=N–C) groups is 1. The average Bonchev–Trinajstić information content (AvgIpc) is 3.10. The minimum Gasteiger partial charge on any atom is -0.493 e. The number of nitrogens with one attached hydrogen (secondary N) is 1. The maximum Gasteiger partial charge on any atom is 0.339 e. The smallest absolute Gasteiger partial charge is 0.339 e. The van der Waals surface area contributed by atoms with E-state index in [1.807, 2.05) is 6.92 Å². The first-order valence-corrected chi connectivity index (χ1v) is 10.3. The minimum absolute atomic E-state index is 0.200. The molecule has 1 aromatic rings. The van der Waals surface area contributed by atoms with Gasteiger partial charge in [0.1, 0.15) is 22.3 Å². The molecule has 1 aromatic heterocycles.